The fraction of sp³-hybridized carbons (Fsp3) is 0.417. The number of hydrogen-bond acceptors (Lipinski definition) is 5. The first-order valence-corrected chi connectivity index (χ1v) is 10.3. The Labute approximate surface area is 183 Å². The second-order valence-electron chi connectivity index (χ2n) is 8.69. The second-order valence-corrected chi connectivity index (χ2v) is 8.69. The molecule has 1 aliphatic rings. The Kier molecular flexibility index (Phi) is 6.43. The van der Waals surface area contributed by atoms with E-state index >= 15 is 0 Å². The van der Waals surface area contributed by atoms with Gasteiger partial charge in [0.15, 0.2) is 11.5 Å². The Bertz CT molecular complexity index is 984. The molecular weight excluding hydrogens is 396 g/mol. The first kappa shape index (κ1) is 22.5. The van der Waals surface area contributed by atoms with Crippen molar-refractivity contribution in [2.45, 2.75) is 27.7 Å². The summed E-state index contributed by atoms with van der Waals surface area (Å²) in [5.74, 6) is 1.65. The minimum atomic E-state index is -0.642. The van der Waals surface area contributed by atoms with Crippen LogP contribution in [0.5, 0.6) is 17.2 Å². The van der Waals surface area contributed by atoms with Crippen molar-refractivity contribution in [2.75, 3.05) is 37.6 Å². The van der Waals surface area contributed by atoms with Gasteiger partial charge in [-0.3, -0.25) is 9.59 Å². The Hall–Kier alpha value is -3.22. The summed E-state index contributed by atoms with van der Waals surface area (Å²) in [6.07, 6.45) is 0. The van der Waals surface area contributed by atoms with Gasteiger partial charge in [0.05, 0.1) is 25.3 Å². The lowest BCUT2D eigenvalue weighted by atomic mass is 9.92. The average Bonchev–Trinajstić information content (AvgIpc) is 2.83. The number of fused-ring (bicyclic) bond motifs is 1. The van der Waals surface area contributed by atoms with E-state index in [1.807, 2.05) is 19.9 Å². The number of nitrogens with zero attached hydrogens (tertiary/aromatic N) is 1. The standard InChI is InChI=1S/C24H30N2O5/c1-15(2)13-26-18-9-8-17(12-20(18)31-14-24(3,4)23(26)28)25-22(27)16-7-10-19(29-5)21(11-16)30-6/h7-12,15H,13-14H2,1-6H3,(H,25,27). The summed E-state index contributed by atoms with van der Waals surface area (Å²) in [5, 5.41) is 2.89. The summed E-state index contributed by atoms with van der Waals surface area (Å²) < 4.78 is 16.5. The summed E-state index contributed by atoms with van der Waals surface area (Å²) >= 11 is 0. The van der Waals surface area contributed by atoms with Gasteiger partial charge < -0.3 is 24.4 Å². The van der Waals surface area contributed by atoms with Crippen LogP contribution in [0.25, 0.3) is 0 Å². The van der Waals surface area contributed by atoms with Gasteiger partial charge >= 0.3 is 0 Å². The van der Waals surface area contributed by atoms with Crippen LogP contribution in [0.2, 0.25) is 0 Å². The highest BCUT2D eigenvalue weighted by molar-refractivity contribution is 6.05. The highest BCUT2D eigenvalue weighted by atomic mass is 16.5. The van der Waals surface area contributed by atoms with E-state index in [1.54, 1.807) is 42.3 Å². The Morgan fingerprint density at radius 1 is 1.13 bits per heavy atom. The summed E-state index contributed by atoms with van der Waals surface area (Å²) in [5.41, 5.74) is 1.09. The van der Waals surface area contributed by atoms with Gasteiger partial charge in [-0.05, 0) is 50.1 Å². The molecule has 1 N–H and O–H groups in total. The lowest BCUT2D eigenvalue weighted by molar-refractivity contribution is -0.127. The molecule has 31 heavy (non-hydrogen) atoms. The van der Waals surface area contributed by atoms with Crippen molar-refractivity contribution in [2.24, 2.45) is 11.3 Å². The molecule has 2 amide bonds. The molecule has 0 saturated heterocycles. The maximum Gasteiger partial charge on any atom is 0.255 e. The molecule has 0 spiro atoms. The third kappa shape index (κ3) is 4.76. The number of carbonyl (C=O) groups is 2. The fourth-order valence-corrected chi connectivity index (χ4v) is 3.45. The maximum atomic E-state index is 13.1. The van der Waals surface area contributed by atoms with Crippen molar-refractivity contribution in [1.29, 1.82) is 0 Å². The van der Waals surface area contributed by atoms with Crippen LogP contribution in [0.3, 0.4) is 0 Å². The molecule has 3 rings (SSSR count). The molecule has 0 saturated carbocycles. The third-order valence-corrected chi connectivity index (χ3v) is 5.11. The number of methoxy groups -OCH3 is 2. The SMILES string of the molecule is COc1ccc(C(=O)Nc2ccc3c(c2)OCC(C)(C)C(=O)N3CC(C)C)cc1OC. The molecule has 0 aliphatic carbocycles. The highest BCUT2D eigenvalue weighted by Gasteiger charge is 2.38. The van der Waals surface area contributed by atoms with Gasteiger partial charge in [0.2, 0.25) is 5.91 Å². The van der Waals surface area contributed by atoms with E-state index in [-0.39, 0.29) is 18.4 Å². The first-order valence-electron chi connectivity index (χ1n) is 10.3. The quantitative estimate of drug-likeness (QED) is 0.743. The molecule has 0 unspecified atom stereocenters. The summed E-state index contributed by atoms with van der Waals surface area (Å²) in [4.78, 5) is 27.6. The highest BCUT2D eigenvalue weighted by Crippen LogP contribution is 2.38. The minimum absolute atomic E-state index is 0.0297. The second kappa shape index (κ2) is 8.88. The summed E-state index contributed by atoms with van der Waals surface area (Å²) in [7, 11) is 3.07. The van der Waals surface area contributed by atoms with Crippen LogP contribution >= 0.6 is 0 Å². The van der Waals surface area contributed by atoms with Crippen LogP contribution in [0.4, 0.5) is 11.4 Å². The predicted molar refractivity (Wildman–Crippen MR) is 120 cm³/mol. The Balaban J connectivity index is 1.88. The molecule has 0 aromatic heterocycles. The van der Waals surface area contributed by atoms with Crippen molar-refractivity contribution in [3.8, 4) is 17.2 Å². The number of rotatable bonds is 6. The average molecular weight is 427 g/mol. The van der Waals surface area contributed by atoms with Crippen LogP contribution in [0, 0.1) is 11.3 Å². The number of benzene rings is 2. The molecular formula is C24H30N2O5. The molecule has 0 atom stereocenters. The van der Waals surface area contributed by atoms with Crippen LogP contribution in [0.15, 0.2) is 36.4 Å². The monoisotopic (exact) mass is 426 g/mol. The van der Waals surface area contributed by atoms with E-state index in [2.05, 4.69) is 19.2 Å². The van der Waals surface area contributed by atoms with E-state index in [4.69, 9.17) is 14.2 Å². The molecule has 1 heterocycles. The number of ether oxygens (including phenoxy) is 3. The van der Waals surface area contributed by atoms with Crippen LogP contribution < -0.4 is 24.4 Å². The molecule has 2 aromatic carbocycles. The van der Waals surface area contributed by atoms with Crippen molar-refractivity contribution in [1.82, 2.24) is 0 Å². The molecule has 166 valence electrons. The molecule has 0 bridgehead atoms. The molecule has 1 aliphatic heterocycles. The zero-order valence-corrected chi connectivity index (χ0v) is 18.9. The number of nitrogens with one attached hydrogen (secondary N) is 1. The lowest BCUT2D eigenvalue weighted by Crippen LogP contribution is -2.43. The topological polar surface area (TPSA) is 77.1 Å². The van der Waals surface area contributed by atoms with Crippen LogP contribution in [-0.2, 0) is 4.79 Å². The lowest BCUT2D eigenvalue weighted by Gasteiger charge is -2.29. The zero-order valence-electron chi connectivity index (χ0n) is 18.9. The van der Waals surface area contributed by atoms with Crippen LogP contribution in [0.1, 0.15) is 38.1 Å². The van der Waals surface area contributed by atoms with Crippen LogP contribution in [-0.4, -0.2) is 39.2 Å². The van der Waals surface area contributed by atoms with Gasteiger partial charge in [-0.25, -0.2) is 0 Å². The number of amides is 2. The van der Waals surface area contributed by atoms with E-state index < -0.39 is 5.41 Å². The van der Waals surface area contributed by atoms with Gasteiger partial charge in [0, 0.05) is 23.9 Å². The number of anilines is 2. The van der Waals surface area contributed by atoms with E-state index in [1.165, 1.54) is 7.11 Å². The molecule has 7 nitrogen and oxygen atoms in total. The van der Waals surface area contributed by atoms with Crippen molar-refractivity contribution in [3.05, 3.63) is 42.0 Å². The number of carbonyl (C=O) groups excluding carboxylic acids is 2. The van der Waals surface area contributed by atoms with Gasteiger partial charge in [-0.1, -0.05) is 13.8 Å². The van der Waals surface area contributed by atoms with Gasteiger partial charge in [0.1, 0.15) is 12.4 Å². The van der Waals surface area contributed by atoms with Gasteiger partial charge in [-0.15, -0.1) is 0 Å². The van der Waals surface area contributed by atoms with Crippen molar-refractivity contribution in [3.63, 3.8) is 0 Å². The molecule has 0 fully saturated rings. The first-order chi connectivity index (χ1) is 14.7. The predicted octanol–water partition coefficient (Wildman–Crippen LogP) is 4.36. The van der Waals surface area contributed by atoms with E-state index in [0.717, 1.165) is 0 Å². The zero-order chi connectivity index (χ0) is 22.8. The Morgan fingerprint density at radius 3 is 2.48 bits per heavy atom. The van der Waals surface area contributed by atoms with Crippen molar-refractivity contribution >= 4 is 23.2 Å². The Morgan fingerprint density at radius 2 is 1.84 bits per heavy atom. The van der Waals surface area contributed by atoms with Gasteiger partial charge in [-0.2, -0.15) is 0 Å². The molecule has 0 radical (unpaired) electrons. The molecule has 7 heteroatoms. The fourth-order valence-electron chi connectivity index (χ4n) is 3.45. The van der Waals surface area contributed by atoms with Crippen molar-refractivity contribution < 1.29 is 23.8 Å². The summed E-state index contributed by atoms with van der Waals surface area (Å²) in [6.45, 7) is 8.77. The molecule has 2 aromatic rings. The van der Waals surface area contributed by atoms with E-state index in [9.17, 15) is 9.59 Å². The minimum Gasteiger partial charge on any atom is -0.493 e. The maximum absolute atomic E-state index is 13.1. The van der Waals surface area contributed by atoms with Gasteiger partial charge in [0.25, 0.3) is 5.91 Å². The largest absolute Gasteiger partial charge is 0.493 e. The van der Waals surface area contributed by atoms with E-state index in [0.29, 0.717) is 46.6 Å². The normalized spacial score (nSPS) is 15.1. The summed E-state index contributed by atoms with van der Waals surface area (Å²) in [6, 6.07) is 10.3. The smallest absolute Gasteiger partial charge is 0.255 e. The third-order valence-electron chi connectivity index (χ3n) is 5.11. The number of hydrogen-bond donors (Lipinski definition) is 1.